The summed E-state index contributed by atoms with van der Waals surface area (Å²) < 4.78 is 0. The van der Waals surface area contributed by atoms with Crippen LogP contribution in [0.25, 0.3) is 0 Å². The van der Waals surface area contributed by atoms with Crippen molar-refractivity contribution in [2.75, 3.05) is 0 Å². The number of aliphatic hydroxyl groups is 1. The van der Waals surface area contributed by atoms with Crippen LogP contribution in [0.5, 0.6) is 0 Å². The highest BCUT2D eigenvalue weighted by molar-refractivity contribution is 5.67. The lowest BCUT2D eigenvalue weighted by Crippen LogP contribution is -2.42. The van der Waals surface area contributed by atoms with Crippen LogP contribution in [0.1, 0.15) is 33.6 Å². The van der Waals surface area contributed by atoms with E-state index < -0.39 is 12.1 Å². The molecule has 2 atom stereocenters. The fourth-order valence-electron chi connectivity index (χ4n) is 2.01. The molecule has 80 valence electrons. The minimum absolute atomic E-state index is 0.137. The van der Waals surface area contributed by atoms with Crippen molar-refractivity contribution in [1.82, 2.24) is 0 Å². The molecule has 0 fully saturated rings. The molecule has 0 saturated heterocycles. The first-order valence-corrected chi connectivity index (χ1v) is 4.87. The molecule has 0 bridgehead atoms. The number of allylic oxidation sites excluding steroid dienone is 2. The van der Waals surface area contributed by atoms with Gasteiger partial charge in [0, 0.05) is 5.41 Å². The summed E-state index contributed by atoms with van der Waals surface area (Å²) in [6.45, 7) is 6.00. The van der Waals surface area contributed by atoms with Crippen LogP contribution in [0.15, 0.2) is 12.2 Å². The van der Waals surface area contributed by atoms with Crippen molar-refractivity contribution >= 4 is 5.97 Å². The van der Waals surface area contributed by atoms with Gasteiger partial charge in [-0.1, -0.05) is 32.9 Å². The standard InChI is InChI=1S/C11H18O3/c1-10(2)5-4-6-11(10,3)8(12)7-9(13)14/h4-5,8,12H,6-7H2,1-3H3,(H,13,14)/t8-,11?/m1/s1. The molecule has 3 nitrogen and oxygen atoms in total. The zero-order valence-corrected chi connectivity index (χ0v) is 8.95. The van der Waals surface area contributed by atoms with E-state index in [1.807, 2.05) is 26.8 Å². The molecule has 1 aliphatic carbocycles. The molecule has 2 N–H and O–H groups in total. The molecule has 1 rings (SSSR count). The van der Waals surface area contributed by atoms with Crippen LogP contribution in [-0.4, -0.2) is 22.3 Å². The Kier molecular flexibility index (Phi) is 2.72. The number of carboxylic acids is 1. The van der Waals surface area contributed by atoms with Gasteiger partial charge in [0.05, 0.1) is 12.5 Å². The van der Waals surface area contributed by atoms with Gasteiger partial charge in [-0.15, -0.1) is 0 Å². The van der Waals surface area contributed by atoms with Crippen LogP contribution in [0.4, 0.5) is 0 Å². The molecule has 0 saturated carbocycles. The Labute approximate surface area is 84.4 Å². The number of carboxylic acid groups (broad SMARTS) is 1. The van der Waals surface area contributed by atoms with E-state index in [0.717, 1.165) is 6.42 Å². The SMILES string of the molecule is CC1(C)C=CCC1(C)[C@H](O)CC(=O)O. The van der Waals surface area contributed by atoms with E-state index in [9.17, 15) is 9.90 Å². The maximum atomic E-state index is 10.5. The summed E-state index contributed by atoms with van der Waals surface area (Å²) >= 11 is 0. The van der Waals surface area contributed by atoms with Gasteiger partial charge in [0.1, 0.15) is 0 Å². The van der Waals surface area contributed by atoms with Gasteiger partial charge in [0.15, 0.2) is 0 Å². The van der Waals surface area contributed by atoms with Crippen molar-refractivity contribution in [2.45, 2.75) is 39.7 Å². The highest BCUT2D eigenvalue weighted by Gasteiger charge is 2.47. The summed E-state index contributed by atoms with van der Waals surface area (Å²) in [6, 6.07) is 0. The summed E-state index contributed by atoms with van der Waals surface area (Å²) in [5, 5.41) is 18.5. The third kappa shape index (κ3) is 1.69. The molecule has 0 spiro atoms. The van der Waals surface area contributed by atoms with Crippen molar-refractivity contribution in [1.29, 1.82) is 0 Å². The molecule has 0 aromatic rings. The molecule has 14 heavy (non-hydrogen) atoms. The van der Waals surface area contributed by atoms with E-state index in [-0.39, 0.29) is 17.3 Å². The molecule has 3 heteroatoms. The third-order valence-corrected chi connectivity index (χ3v) is 3.65. The molecular formula is C11H18O3. The van der Waals surface area contributed by atoms with Crippen LogP contribution < -0.4 is 0 Å². The normalized spacial score (nSPS) is 31.7. The van der Waals surface area contributed by atoms with Gasteiger partial charge in [0.25, 0.3) is 0 Å². The first-order chi connectivity index (χ1) is 6.29. The first-order valence-electron chi connectivity index (χ1n) is 4.87. The number of aliphatic carboxylic acids is 1. The number of hydrogen-bond acceptors (Lipinski definition) is 2. The minimum atomic E-state index is -0.943. The van der Waals surface area contributed by atoms with Gasteiger partial charge in [-0.25, -0.2) is 0 Å². The van der Waals surface area contributed by atoms with Gasteiger partial charge in [-0.3, -0.25) is 4.79 Å². The number of aliphatic hydroxyl groups excluding tert-OH is 1. The molecule has 0 radical (unpaired) electrons. The zero-order chi connectivity index (χ0) is 11.0. The van der Waals surface area contributed by atoms with Crippen molar-refractivity contribution in [3.05, 3.63) is 12.2 Å². The molecule has 0 aromatic heterocycles. The Morgan fingerprint density at radius 2 is 2.07 bits per heavy atom. The van der Waals surface area contributed by atoms with Crippen LogP contribution in [-0.2, 0) is 4.79 Å². The van der Waals surface area contributed by atoms with Gasteiger partial charge in [0.2, 0.25) is 0 Å². The Morgan fingerprint density at radius 3 is 2.43 bits per heavy atom. The third-order valence-electron chi connectivity index (χ3n) is 3.65. The predicted octanol–water partition coefficient (Wildman–Crippen LogP) is 1.81. The van der Waals surface area contributed by atoms with Crippen molar-refractivity contribution in [2.24, 2.45) is 10.8 Å². The molecule has 0 aromatic carbocycles. The smallest absolute Gasteiger partial charge is 0.305 e. The molecule has 0 amide bonds. The lowest BCUT2D eigenvalue weighted by atomic mass is 9.65. The molecule has 0 aliphatic heterocycles. The second-order valence-corrected chi connectivity index (χ2v) is 4.86. The van der Waals surface area contributed by atoms with E-state index in [0.29, 0.717) is 0 Å². The average Bonchev–Trinajstić information content (AvgIpc) is 2.26. The van der Waals surface area contributed by atoms with Gasteiger partial charge in [-0.2, -0.15) is 0 Å². The quantitative estimate of drug-likeness (QED) is 0.680. The van der Waals surface area contributed by atoms with E-state index in [4.69, 9.17) is 5.11 Å². The second-order valence-electron chi connectivity index (χ2n) is 4.86. The topological polar surface area (TPSA) is 57.5 Å². The molecule has 1 aliphatic rings. The summed E-state index contributed by atoms with van der Waals surface area (Å²) in [4.78, 5) is 10.5. The predicted molar refractivity (Wildman–Crippen MR) is 53.9 cm³/mol. The molecular weight excluding hydrogens is 180 g/mol. The second kappa shape index (κ2) is 3.39. The van der Waals surface area contributed by atoms with Crippen LogP contribution >= 0.6 is 0 Å². The highest BCUT2D eigenvalue weighted by atomic mass is 16.4. The Morgan fingerprint density at radius 1 is 1.50 bits per heavy atom. The van der Waals surface area contributed by atoms with Crippen molar-refractivity contribution in [3.8, 4) is 0 Å². The summed E-state index contributed by atoms with van der Waals surface area (Å²) in [7, 11) is 0. The van der Waals surface area contributed by atoms with Crippen LogP contribution in [0.2, 0.25) is 0 Å². The largest absolute Gasteiger partial charge is 0.481 e. The van der Waals surface area contributed by atoms with Gasteiger partial charge in [-0.05, 0) is 11.8 Å². The Balaban J connectivity index is 2.80. The molecule has 1 unspecified atom stereocenters. The number of rotatable bonds is 3. The average molecular weight is 198 g/mol. The van der Waals surface area contributed by atoms with Crippen molar-refractivity contribution < 1.29 is 15.0 Å². The lowest BCUT2D eigenvalue weighted by Gasteiger charge is -2.41. The van der Waals surface area contributed by atoms with Gasteiger partial charge >= 0.3 is 5.97 Å². The van der Waals surface area contributed by atoms with E-state index in [2.05, 4.69) is 6.08 Å². The number of hydrogen-bond donors (Lipinski definition) is 2. The summed E-state index contributed by atoms with van der Waals surface area (Å²) in [5.74, 6) is -0.943. The minimum Gasteiger partial charge on any atom is -0.481 e. The van der Waals surface area contributed by atoms with E-state index in [1.165, 1.54) is 0 Å². The molecule has 0 heterocycles. The van der Waals surface area contributed by atoms with Gasteiger partial charge < -0.3 is 10.2 Å². The zero-order valence-electron chi connectivity index (χ0n) is 8.95. The fraction of sp³-hybridized carbons (Fsp3) is 0.727. The van der Waals surface area contributed by atoms with Crippen molar-refractivity contribution in [3.63, 3.8) is 0 Å². The first kappa shape index (κ1) is 11.2. The van der Waals surface area contributed by atoms with Crippen LogP contribution in [0, 0.1) is 10.8 Å². The maximum Gasteiger partial charge on any atom is 0.305 e. The van der Waals surface area contributed by atoms with Crippen LogP contribution in [0.3, 0.4) is 0 Å². The Bertz CT molecular complexity index is 268. The number of carbonyl (C=O) groups is 1. The van der Waals surface area contributed by atoms with E-state index >= 15 is 0 Å². The highest BCUT2D eigenvalue weighted by Crippen LogP contribution is 2.50. The maximum absolute atomic E-state index is 10.5. The summed E-state index contributed by atoms with van der Waals surface area (Å²) in [6.07, 6.45) is 3.85. The lowest BCUT2D eigenvalue weighted by molar-refractivity contribution is -0.142. The fourth-order valence-corrected chi connectivity index (χ4v) is 2.01. The Hall–Kier alpha value is -0.830. The summed E-state index contributed by atoms with van der Waals surface area (Å²) in [5.41, 5.74) is -0.493. The monoisotopic (exact) mass is 198 g/mol. The van der Waals surface area contributed by atoms with E-state index in [1.54, 1.807) is 0 Å².